The van der Waals surface area contributed by atoms with E-state index in [1.807, 2.05) is 61.5 Å². The molecular formula is C19H17N5O2S2. The maximum Gasteiger partial charge on any atom is 0.247 e. The minimum Gasteiger partial charge on any atom is -0.497 e. The predicted octanol–water partition coefficient (Wildman–Crippen LogP) is 5.19. The summed E-state index contributed by atoms with van der Waals surface area (Å²) in [5.74, 6) is 1.85. The summed E-state index contributed by atoms with van der Waals surface area (Å²) in [6.45, 7) is 2.00. The highest BCUT2D eigenvalue weighted by Crippen LogP contribution is 2.38. The smallest absolute Gasteiger partial charge is 0.247 e. The van der Waals surface area contributed by atoms with Crippen molar-refractivity contribution in [1.29, 1.82) is 0 Å². The molecule has 9 heteroatoms. The van der Waals surface area contributed by atoms with E-state index >= 15 is 0 Å². The van der Waals surface area contributed by atoms with Gasteiger partial charge in [-0.1, -0.05) is 47.4 Å². The van der Waals surface area contributed by atoms with Crippen molar-refractivity contribution in [1.82, 2.24) is 20.4 Å². The van der Waals surface area contributed by atoms with Crippen LogP contribution in [0.2, 0.25) is 0 Å². The van der Waals surface area contributed by atoms with Gasteiger partial charge in [-0.25, -0.2) is 0 Å². The van der Waals surface area contributed by atoms with Crippen molar-refractivity contribution in [2.24, 2.45) is 0 Å². The lowest BCUT2D eigenvalue weighted by Crippen LogP contribution is -1.90. The van der Waals surface area contributed by atoms with Gasteiger partial charge in [0.15, 0.2) is 4.34 Å². The van der Waals surface area contributed by atoms with Gasteiger partial charge in [-0.3, -0.25) is 0 Å². The standard InChI is InChI=1S/C19H17N5O2S2/c1-12(16-21-22-17(26-16)13-7-4-3-5-8-13)27-19-24-23-18(28-19)20-14-9-6-10-15(11-14)25-2/h3-12H,1-2H3,(H,20,23)/t12-/m1/s1. The Morgan fingerprint density at radius 2 is 1.89 bits per heavy atom. The Morgan fingerprint density at radius 3 is 2.71 bits per heavy atom. The first kappa shape index (κ1) is 18.5. The third-order valence-electron chi connectivity index (χ3n) is 3.81. The van der Waals surface area contributed by atoms with Crippen LogP contribution in [0.3, 0.4) is 0 Å². The maximum atomic E-state index is 5.82. The van der Waals surface area contributed by atoms with Crippen LogP contribution in [0.15, 0.2) is 63.4 Å². The van der Waals surface area contributed by atoms with Crippen molar-refractivity contribution in [3.8, 4) is 17.2 Å². The summed E-state index contributed by atoms with van der Waals surface area (Å²) in [7, 11) is 1.64. The van der Waals surface area contributed by atoms with E-state index in [0.29, 0.717) is 16.9 Å². The highest BCUT2D eigenvalue weighted by molar-refractivity contribution is 8.01. The van der Waals surface area contributed by atoms with Gasteiger partial charge in [-0.15, -0.1) is 20.4 Å². The number of nitrogens with one attached hydrogen (secondary N) is 1. The van der Waals surface area contributed by atoms with Crippen molar-refractivity contribution in [2.75, 3.05) is 12.4 Å². The number of nitrogens with zero attached hydrogens (tertiary/aromatic N) is 4. The van der Waals surface area contributed by atoms with E-state index in [1.54, 1.807) is 7.11 Å². The Hall–Kier alpha value is -2.91. The largest absolute Gasteiger partial charge is 0.497 e. The van der Waals surface area contributed by atoms with Crippen LogP contribution in [0.5, 0.6) is 5.75 Å². The predicted molar refractivity (Wildman–Crippen MR) is 110 cm³/mol. The Balaban J connectivity index is 1.41. The van der Waals surface area contributed by atoms with Crippen LogP contribution in [0.25, 0.3) is 11.5 Å². The average molecular weight is 412 g/mol. The Morgan fingerprint density at radius 1 is 1.04 bits per heavy atom. The summed E-state index contributed by atoms with van der Waals surface area (Å²) >= 11 is 2.99. The fraction of sp³-hybridized carbons (Fsp3) is 0.158. The molecule has 2 aromatic heterocycles. The van der Waals surface area contributed by atoms with E-state index in [9.17, 15) is 0 Å². The fourth-order valence-electron chi connectivity index (χ4n) is 2.43. The van der Waals surface area contributed by atoms with Crippen LogP contribution in [0.4, 0.5) is 10.8 Å². The molecule has 28 heavy (non-hydrogen) atoms. The number of hydrogen-bond donors (Lipinski definition) is 1. The molecule has 0 radical (unpaired) electrons. The summed E-state index contributed by atoms with van der Waals surface area (Å²) in [6, 6.07) is 17.4. The maximum absolute atomic E-state index is 5.82. The summed E-state index contributed by atoms with van der Waals surface area (Å²) in [4.78, 5) is 0. The number of hydrogen-bond acceptors (Lipinski definition) is 9. The molecule has 0 spiro atoms. The second-order valence-corrected chi connectivity index (χ2v) is 8.37. The number of aromatic nitrogens is 4. The van der Waals surface area contributed by atoms with Gasteiger partial charge in [0.1, 0.15) is 5.75 Å². The molecular weight excluding hydrogens is 394 g/mol. The number of methoxy groups -OCH3 is 1. The van der Waals surface area contributed by atoms with Crippen molar-refractivity contribution in [3.63, 3.8) is 0 Å². The van der Waals surface area contributed by atoms with Crippen LogP contribution < -0.4 is 10.1 Å². The minimum absolute atomic E-state index is 0.0393. The lowest BCUT2D eigenvalue weighted by molar-refractivity contribution is 0.415. The lowest BCUT2D eigenvalue weighted by Gasteiger charge is -2.04. The first-order chi connectivity index (χ1) is 13.7. The van der Waals surface area contributed by atoms with Crippen molar-refractivity contribution < 1.29 is 9.15 Å². The molecule has 7 nitrogen and oxygen atoms in total. The third kappa shape index (κ3) is 4.32. The third-order valence-corrected chi connectivity index (χ3v) is 5.82. The van der Waals surface area contributed by atoms with E-state index in [1.165, 1.54) is 23.1 Å². The van der Waals surface area contributed by atoms with Gasteiger partial charge in [0.25, 0.3) is 0 Å². The summed E-state index contributed by atoms with van der Waals surface area (Å²) in [6.07, 6.45) is 0. The molecule has 0 aliphatic heterocycles. The van der Waals surface area contributed by atoms with Crippen LogP contribution in [0, 0.1) is 0 Å². The number of anilines is 2. The summed E-state index contributed by atoms with van der Waals surface area (Å²) in [5.41, 5.74) is 1.80. The SMILES string of the molecule is COc1cccc(Nc2nnc(S[C@H](C)c3nnc(-c4ccccc4)o3)s2)c1. The lowest BCUT2D eigenvalue weighted by atomic mass is 10.2. The van der Waals surface area contributed by atoms with E-state index in [0.717, 1.165) is 21.3 Å². The molecule has 2 aromatic carbocycles. The minimum atomic E-state index is -0.0393. The zero-order chi connectivity index (χ0) is 19.3. The van der Waals surface area contributed by atoms with Crippen LogP contribution in [-0.2, 0) is 0 Å². The monoisotopic (exact) mass is 411 g/mol. The molecule has 0 saturated heterocycles. The molecule has 1 N–H and O–H groups in total. The summed E-state index contributed by atoms with van der Waals surface area (Å²) in [5, 5.41) is 20.6. The van der Waals surface area contributed by atoms with Crippen LogP contribution in [0.1, 0.15) is 18.1 Å². The Labute approximate surface area is 170 Å². The molecule has 1 atom stereocenters. The fourth-order valence-corrected chi connectivity index (χ4v) is 4.38. The molecule has 2 heterocycles. The zero-order valence-electron chi connectivity index (χ0n) is 15.2. The van der Waals surface area contributed by atoms with Crippen LogP contribution >= 0.6 is 23.1 Å². The molecule has 0 aliphatic carbocycles. The Bertz CT molecular complexity index is 1050. The molecule has 142 valence electrons. The highest BCUT2D eigenvalue weighted by atomic mass is 32.2. The van der Waals surface area contributed by atoms with Crippen LogP contribution in [-0.4, -0.2) is 27.5 Å². The average Bonchev–Trinajstić information content (AvgIpc) is 3.39. The van der Waals surface area contributed by atoms with E-state index in [-0.39, 0.29) is 5.25 Å². The molecule has 4 rings (SSSR count). The molecule has 4 aromatic rings. The number of ether oxygens (including phenoxy) is 1. The van der Waals surface area contributed by atoms with Gasteiger partial charge in [0, 0.05) is 17.3 Å². The molecule has 0 fully saturated rings. The van der Waals surface area contributed by atoms with Crippen molar-refractivity contribution in [2.45, 2.75) is 16.5 Å². The van der Waals surface area contributed by atoms with Crippen molar-refractivity contribution >= 4 is 33.9 Å². The number of thioether (sulfide) groups is 1. The molecule has 0 aliphatic rings. The van der Waals surface area contributed by atoms with Gasteiger partial charge >= 0.3 is 0 Å². The number of benzene rings is 2. The topological polar surface area (TPSA) is 86.0 Å². The van der Waals surface area contributed by atoms with Gasteiger partial charge in [-0.2, -0.15) is 0 Å². The summed E-state index contributed by atoms with van der Waals surface area (Å²) < 4.78 is 11.9. The van der Waals surface area contributed by atoms with Crippen molar-refractivity contribution in [3.05, 3.63) is 60.5 Å². The van der Waals surface area contributed by atoms with Gasteiger partial charge < -0.3 is 14.5 Å². The normalized spacial score (nSPS) is 11.9. The second kappa shape index (κ2) is 8.41. The first-order valence-electron chi connectivity index (χ1n) is 8.51. The molecule has 0 unspecified atom stereocenters. The van der Waals surface area contributed by atoms with E-state index in [2.05, 4.69) is 25.7 Å². The van der Waals surface area contributed by atoms with E-state index < -0.39 is 0 Å². The quantitative estimate of drug-likeness (QED) is 0.416. The first-order valence-corrected chi connectivity index (χ1v) is 10.2. The zero-order valence-corrected chi connectivity index (χ0v) is 16.8. The molecule has 0 saturated carbocycles. The second-order valence-electron chi connectivity index (χ2n) is 5.80. The molecule has 0 bridgehead atoms. The van der Waals surface area contributed by atoms with Gasteiger partial charge in [-0.05, 0) is 31.2 Å². The Kier molecular flexibility index (Phi) is 5.54. The highest BCUT2D eigenvalue weighted by Gasteiger charge is 2.18. The van der Waals surface area contributed by atoms with E-state index in [4.69, 9.17) is 9.15 Å². The number of rotatable bonds is 7. The van der Waals surface area contributed by atoms with Gasteiger partial charge in [0.05, 0.1) is 12.4 Å². The molecule has 0 amide bonds. The van der Waals surface area contributed by atoms with Gasteiger partial charge in [0.2, 0.25) is 16.9 Å².